The summed E-state index contributed by atoms with van der Waals surface area (Å²) in [7, 11) is 0. The van der Waals surface area contributed by atoms with Gasteiger partial charge in [0.1, 0.15) is 0 Å². The first-order chi connectivity index (χ1) is 9.60. The molecule has 2 saturated heterocycles. The van der Waals surface area contributed by atoms with Gasteiger partial charge in [-0.1, -0.05) is 17.7 Å². The third kappa shape index (κ3) is 2.17. The van der Waals surface area contributed by atoms with Crippen LogP contribution < -0.4 is 0 Å². The molecule has 20 heavy (non-hydrogen) atoms. The van der Waals surface area contributed by atoms with Crippen LogP contribution in [0.1, 0.15) is 30.4 Å². The van der Waals surface area contributed by atoms with E-state index in [2.05, 4.69) is 11.0 Å². The van der Waals surface area contributed by atoms with Gasteiger partial charge in [-0.05, 0) is 37.0 Å². The molecular weight excluding hydrogens is 276 g/mol. The van der Waals surface area contributed by atoms with Crippen molar-refractivity contribution in [3.05, 3.63) is 34.3 Å². The number of hydrogen-bond donors (Lipinski definition) is 1. The highest BCUT2D eigenvalue weighted by Gasteiger charge is 2.49. The van der Waals surface area contributed by atoms with Gasteiger partial charge in [-0.2, -0.15) is 5.26 Å². The molecule has 2 heterocycles. The molecule has 3 rings (SSSR count). The minimum absolute atomic E-state index is 0.129. The predicted octanol–water partition coefficient (Wildman–Crippen LogP) is 2.65. The average Bonchev–Trinajstić information content (AvgIpc) is 2.98. The second-order valence-electron chi connectivity index (χ2n) is 5.57. The van der Waals surface area contributed by atoms with Crippen LogP contribution in [-0.2, 0) is 11.3 Å². The number of hydrogen-bond acceptors (Lipinski definition) is 3. The Kier molecular flexibility index (Phi) is 3.41. The highest BCUT2D eigenvalue weighted by Crippen LogP contribution is 2.43. The van der Waals surface area contributed by atoms with E-state index in [9.17, 15) is 9.90 Å². The molecule has 2 aliphatic heterocycles. The fourth-order valence-corrected chi connectivity index (χ4v) is 3.80. The minimum Gasteiger partial charge on any atom is -0.481 e. The lowest BCUT2D eigenvalue weighted by Crippen LogP contribution is -2.32. The fraction of sp³-hybridized carbons (Fsp3) is 0.467. The number of fused-ring (bicyclic) bond motifs is 2. The zero-order valence-electron chi connectivity index (χ0n) is 10.9. The summed E-state index contributed by atoms with van der Waals surface area (Å²) in [5.74, 6) is -0.931. The van der Waals surface area contributed by atoms with E-state index in [0.717, 1.165) is 24.8 Å². The summed E-state index contributed by atoms with van der Waals surface area (Å²) in [5, 5.41) is 18.7. The van der Waals surface area contributed by atoms with Gasteiger partial charge in [-0.3, -0.25) is 9.69 Å². The highest BCUT2D eigenvalue weighted by atomic mass is 35.5. The maximum Gasteiger partial charge on any atom is 0.308 e. The molecule has 0 amide bonds. The van der Waals surface area contributed by atoms with Crippen LogP contribution in [0.25, 0.3) is 0 Å². The molecule has 0 saturated carbocycles. The van der Waals surface area contributed by atoms with Crippen molar-refractivity contribution in [2.24, 2.45) is 5.92 Å². The van der Waals surface area contributed by atoms with Crippen molar-refractivity contribution in [3.8, 4) is 6.07 Å². The SMILES string of the molecule is N#Cc1ccc(CN2C3CCC2C(C(=O)O)C3)c(Cl)c1. The number of rotatable bonds is 3. The number of benzene rings is 1. The van der Waals surface area contributed by atoms with Gasteiger partial charge in [0.05, 0.1) is 17.6 Å². The summed E-state index contributed by atoms with van der Waals surface area (Å²) in [6, 6.07) is 7.85. The molecule has 2 aliphatic rings. The molecule has 104 valence electrons. The van der Waals surface area contributed by atoms with Crippen molar-refractivity contribution in [2.75, 3.05) is 0 Å². The van der Waals surface area contributed by atoms with E-state index in [1.54, 1.807) is 12.1 Å². The Morgan fingerprint density at radius 3 is 2.90 bits per heavy atom. The highest BCUT2D eigenvalue weighted by molar-refractivity contribution is 6.31. The van der Waals surface area contributed by atoms with E-state index in [1.165, 1.54) is 0 Å². The zero-order valence-corrected chi connectivity index (χ0v) is 11.7. The maximum absolute atomic E-state index is 11.3. The lowest BCUT2D eigenvalue weighted by atomic mass is 9.89. The molecule has 0 radical (unpaired) electrons. The van der Waals surface area contributed by atoms with Gasteiger partial charge in [0.2, 0.25) is 0 Å². The van der Waals surface area contributed by atoms with Crippen molar-refractivity contribution in [3.63, 3.8) is 0 Å². The monoisotopic (exact) mass is 290 g/mol. The van der Waals surface area contributed by atoms with Crippen LogP contribution in [0.3, 0.4) is 0 Å². The van der Waals surface area contributed by atoms with Crippen molar-refractivity contribution in [1.82, 2.24) is 4.90 Å². The van der Waals surface area contributed by atoms with Crippen molar-refractivity contribution >= 4 is 17.6 Å². The molecular formula is C15H15ClN2O2. The van der Waals surface area contributed by atoms with E-state index in [1.807, 2.05) is 6.07 Å². The molecule has 0 aliphatic carbocycles. The molecule has 1 N–H and O–H groups in total. The first-order valence-corrected chi connectivity index (χ1v) is 7.15. The number of aliphatic carboxylic acids is 1. The van der Waals surface area contributed by atoms with E-state index in [0.29, 0.717) is 23.2 Å². The molecule has 3 atom stereocenters. The van der Waals surface area contributed by atoms with Crippen LogP contribution in [0.5, 0.6) is 0 Å². The zero-order chi connectivity index (χ0) is 14.3. The smallest absolute Gasteiger partial charge is 0.308 e. The van der Waals surface area contributed by atoms with Gasteiger partial charge < -0.3 is 5.11 Å². The van der Waals surface area contributed by atoms with E-state index in [-0.39, 0.29) is 12.0 Å². The van der Waals surface area contributed by atoms with E-state index < -0.39 is 5.97 Å². The third-order valence-electron chi connectivity index (χ3n) is 4.53. The first kappa shape index (κ1) is 13.4. The summed E-state index contributed by atoms with van der Waals surface area (Å²) >= 11 is 6.21. The Hall–Kier alpha value is -1.57. The summed E-state index contributed by atoms with van der Waals surface area (Å²) in [6.07, 6.45) is 2.77. The van der Waals surface area contributed by atoms with Gasteiger partial charge in [-0.25, -0.2) is 0 Å². The quantitative estimate of drug-likeness (QED) is 0.929. The summed E-state index contributed by atoms with van der Waals surface area (Å²) in [6.45, 7) is 0.670. The van der Waals surface area contributed by atoms with Crippen molar-refractivity contribution in [1.29, 1.82) is 5.26 Å². The standard InChI is InChI=1S/C15H15ClN2O2/c16-13-5-9(7-17)1-2-10(13)8-18-11-3-4-14(18)12(6-11)15(19)20/h1-2,5,11-12,14H,3-4,6,8H2,(H,19,20). The summed E-state index contributed by atoms with van der Waals surface area (Å²) < 4.78 is 0. The normalized spacial score (nSPS) is 28.5. The molecule has 2 bridgehead atoms. The lowest BCUT2D eigenvalue weighted by Gasteiger charge is -2.23. The molecule has 0 spiro atoms. The van der Waals surface area contributed by atoms with E-state index >= 15 is 0 Å². The predicted molar refractivity (Wildman–Crippen MR) is 74.3 cm³/mol. The fourth-order valence-electron chi connectivity index (χ4n) is 3.55. The molecule has 0 aromatic heterocycles. The largest absolute Gasteiger partial charge is 0.481 e. The van der Waals surface area contributed by atoms with Gasteiger partial charge in [0.25, 0.3) is 0 Å². The second kappa shape index (κ2) is 5.08. The van der Waals surface area contributed by atoms with Crippen LogP contribution in [0.15, 0.2) is 18.2 Å². The number of nitriles is 1. The lowest BCUT2D eigenvalue weighted by molar-refractivity contribution is -0.142. The molecule has 5 heteroatoms. The second-order valence-corrected chi connectivity index (χ2v) is 5.98. The topological polar surface area (TPSA) is 64.3 Å². The molecule has 4 nitrogen and oxygen atoms in total. The Labute approximate surface area is 122 Å². The van der Waals surface area contributed by atoms with E-state index in [4.69, 9.17) is 16.9 Å². The number of nitrogens with zero attached hydrogens (tertiary/aromatic N) is 2. The Morgan fingerprint density at radius 2 is 2.30 bits per heavy atom. The number of carboxylic acid groups (broad SMARTS) is 1. The van der Waals surface area contributed by atoms with Gasteiger partial charge >= 0.3 is 5.97 Å². The molecule has 2 fully saturated rings. The van der Waals surface area contributed by atoms with Gasteiger partial charge in [0, 0.05) is 23.7 Å². The van der Waals surface area contributed by atoms with Crippen molar-refractivity contribution < 1.29 is 9.90 Å². The summed E-state index contributed by atoms with van der Waals surface area (Å²) in [5.41, 5.74) is 1.51. The van der Waals surface area contributed by atoms with Gasteiger partial charge in [-0.15, -0.1) is 0 Å². The van der Waals surface area contributed by atoms with Crippen LogP contribution in [-0.4, -0.2) is 28.1 Å². The third-order valence-corrected chi connectivity index (χ3v) is 4.89. The number of carbonyl (C=O) groups is 1. The maximum atomic E-state index is 11.3. The van der Waals surface area contributed by atoms with Gasteiger partial charge in [0.15, 0.2) is 0 Å². The Balaban J connectivity index is 1.79. The average molecular weight is 291 g/mol. The van der Waals surface area contributed by atoms with Crippen LogP contribution in [0, 0.1) is 17.2 Å². The van der Waals surface area contributed by atoms with Crippen LogP contribution >= 0.6 is 11.6 Å². The van der Waals surface area contributed by atoms with Crippen molar-refractivity contribution in [2.45, 2.75) is 37.9 Å². The summed E-state index contributed by atoms with van der Waals surface area (Å²) in [4.78, 5) is 13.5. The Morgan fingerprint density at radius 1 is 1.50 bits per heavy atom. The Bertz CT molecular complexity index is 596. The molecule has 3 unspecified atom stereocenters. The number of carboxylic acids is 1. The number of halogens is 1. The van der Waals surface area contributed by atoms with Crippen LogP contribution in [0.4, 0.5) is 0 Å². The molecule has 1 aromatic carbocycles. The molecule has 1 aromatic rings. The van der Waals surface area contributed by atoms with Crippen LogP contribution in [0.2, 0.25) is 5.02 Å². The first-order valence-electron chi connectivity index (χ1n) is 6.77. The minimum atomic E-state index is -0.687.